The van der Waals surface area contributed by atoms with E-state index in [4.69, 9.17) is 0 Å². The van der Waals surface area contributed by atoms with Gasteiger partial charge in [0.05, 0.1) is 12.8 Å². The van der Waals surface area contributed by atoms with E-state index in [2.05, 4.69) is 24.7 Å². The van der Waals surface area contributed by atoms with Gasteiger partial charge in [0.15, 0.2) is 8.24 Å². The molecule has 1 aliphatic heterocycles. The van der Waals surface area contributed by atoms with E-state index in [1.54, 1.807) is 10.8 Å². The molecule has 0 unspecified atom stereocenters. The Morgan fingerprint density at radius 3 is 2.30 bits per heavy atom. The van der Waals surface area contributed by atoms with Crippen molar-refractivity contribution in [1.29, 1.82) is 0 Å². The van der Waals surface area contributed by atoms with Gasteiger partial charge in [-0.1, -0.05) is 50.0 Å². The highest BCUT2D eigenvalue weighted by molar-refractivity contribution is 6.77. The standard InChI is InChI=1S/C14H19N3O2Si/c1-20(2,3)17-10-9-16(13(18)14(17)19)15-11-12-7-5-4-6-8-12/h4-8,11H,9-10H2,1-3H3/b15-11+. The zero-order valence-electron chi connectivity index (χ0n) is 12.0. The van der Waals surface area contributed by atoms with Crippen molar-refractivity contribution in [3.05, 3.63) is 35.9 Å². The number of amides is 2. The molecule has 0 bridgehead atoms. The first kappa shape index (κ1) is 14.5. The van der Waals surface area contributed by atoms with Crippen LogP contribution in [0.5, 0.6) is 0 Å². The molecule has 106 valence electrons. The summed E-state index contributed by atoms with van der Waals surface area (Å²) in [6.45, 7) is 7.19. The van der Waals surface area contributed by atoms with Crippen LogP contribution >= 0.6 is 0 Å². The summed E-state index contributed by atoms with van der Waals surface area (Å²) in [4.78, 5) is 24.1. The first-order valence-corrected chi connectivity index (χ1v) is 10.1. The molecule has 6 heteroatoms. The molecule has 2 rings (SSSR count). The number of nitrogens with zero attached hydrogens (tertiary/aromatic N) is 3. The molecule has 0 saturated carbocycles. The predicted molar refractivity (Wildman–Crippen MR) is 80.8 cm³/mol. The Hall–Kier alpha value is -1.95. The molecule has 0 atom stereocenters. The van der Waals surface area contributed by atoms with Crippen LogP contribution in [0, 0.1) is 0 Å². The van der Waals surface area contributed by atoms with Crippen LogP contribution in [0.3, 0.4) is 0 Å². The van der Waals surface area contributed by atoms with Gasteiger partial charge in [-0.2, -0.15) is 5.10 Å². The lowest BCUT2D eigenvalue weighted by Gasteiger charge is -2.38. The minimum atomic E-state index is -1.79. The van der Waals surface area contributed by atoms with E-state index in [0.717, 1.165) is 5.56 Å². The third-order valence-electron chi connectivity index (χ3n) is 3.15. The molecule has 20 heavy (non-hydrogen) atoms. The zero-order valence-corrected chi connectivity index (χ0v) is 13.0. The summed E-state index contributed by atoms with van der Waals surface area (Å²) >= 11 is 0. The Morgan fingerprint density at radius 2 is 1.70 bits per heavy atom. The van der Waals surface area contributed by atoms with Crippen molar-refractivity contribution in [2.24, 2.45) is 5.10 Å². The van der Waals surface area contributed by atoms with Crippen LogP contribution in [-0.2, 0) is 9.59 Å². The van der Waals surface area contributed by atoms with Crippen molar-refractivity contribution in [1.82, 2.24) is 9.57 Å². The van der Waals surface area contributed by atoms with Crippen LogP contribution in [0.25, 0.3) is 0 Å². The third kappa shape index (κ3) is 3.13. The predicted octanol–water partition coefficient (Wildman–Crippen LogP) is 1.53. The summed E-state index contributed by atoms with van der Waals surface area (Å²) in [5, 5.41) is 5.38. The highest BCUT2D eigenvalue weighted by atomic mass is 28.3. The molecule has 0 aliphatic carbocycles. The number of hydrazone groups is 1. The Kier molecular flexibility index (Phi) is 4.03. The minimum absolute atomic E-state index is 0.430. The van der Waals surface area contributed by atoms with Gasteiger partial charge in [0, 0.05) is 6.54 Å². The van der Waals surface area contributed by atoms with Crippen molar-refractivity contribution in [2.45, 2.75) is 19.6 Å². The monoisotopic (exact) mass is 289 g/mol. The largest absolute Gasteiger partial charge is 0.360 e. The van der Waals surface area contributed by atoms with Gasteiger partial charge >= 0.3 is 11.8 Å². The topological polar surface area (TPSA) is 53.0 Å². The summed E-state index contributed by atoms with van der Waals surface area (Å²) in [6, 6.07) is 9.51. The third-order valence-corrected chi connectivity index (χ3v) is 5.20. The SMILES string of the molecule is C[Si](C)(C)N1CCN(/N=C/c2ccccc2)C(=O)C1=O. The average molecular weight is 289 g/mol. The normalized spacial score (nSPS) is 17.1. The van der Waals surface area contributed by atoms with Crippen molar-refractivity contribution < 1.29 is 9.59 Å². The molecule has 1 saturated heterocycles. The Bertz CT molecular complexity index is 537. The zero-order chi connectivity index (χ0) is 14.8. The summed E-state index contributed by atoms with van der Waals surface area (Å²) in [5.74, 6) is -0.966. The van der Waals surface area contributed by atoms with Gasteiger partial charge in [0.1, 0.15) is 0 Å². The van der Waals surface area contributed by atoms with Gasteiger partial charge in [-0.25, -0.2) is 5.01 Å². The number of hydrogen-bond donors (Lipinski definition) is 0. The van der Waals surface area contributed by atoms with Crippen LogP contribution in [-0.4, -0.2) is 48.9 Å². The van der Waals surface area contributed by atoms with E-state index >= 15 is 0 Å². The van der Waals surface area contributed by atoms with Crippen molar-refractivity contribution in [3.63, 3.8) is 0 Å². The number of rotatable bonds is 3. The van der Waals surface area contributed by atoms with Crippen molar-refractivity contribution in [3.8, 4) is 0 Å². The van der Waals surface area contributed by atoms with Gasteiger partial charge in [0.2, 0.25) is 0 Å². The molecule has 0 aromatic heterocycles. The van der Waals surface area contributed by atoms with Gasteiger partial charge in [-0.05, 0) is 5.56 Å². The second-order valence-corrected chi connectivity index (χ2v) is 10.6. The molecule has 1 aliphatic rings. The molecule has 1 fully saturated rings. The number of hydrogen-bond acceptors (Lipinski definition) is 3. The molecule has 0 N–H and O–H groups in total. The lowest BCUT2D eigenvalue weighted by molar-refractivity contribution is -0.152. The van der Waals surface area contributed by atoms with E-state index < -0.39 is 20.0 Å². The van der Waals surface area contributed by atoms with E-state index in [0.29, 0.717) is 13.1 Å². The smallest absolute Gasteiger partial charge is 0.331 e. The molecule has 5 nitrogen and oxygen atoms in total. The molecule has 0 spiro atoms. The molecule has 1 heterocycles. The summed E-state index contributed by atoms with van der Waals surface area (Å²) in [6.07, 6.45) is 1.61. The molecule has 1 aromatic carbocycles. The first-order valence-electron chi connectivity index (χ1n) is 6.62. The van der Waals surface area contributed by atoms with Gasteiger partial charge < -0.3 is 4.57 Å². The number of benzene rings is 1. The van der Waals surface area contributed by atoms with Gasteiger partial charge in [0.25, 0.3) is 0 Å². The van der Waals surface area contributed by atoms with Crippen LogP contribution < -0.4 is 0 Å². The minimum Gasteiger partial charge on any atom is -0.360 e. The Labute approximate surface area is 120 Å². The first-order chi connectivity index (χ1) is 9.39. The second kappa shape index (κ2) is 5.58. The van der Waals surface area contributed by atoms with Gasteiger partial charge in [-0.15, -0.1) is 0 Å². The molecular formula is C14H19N3O2Si. The fourth-order valence-corrected chi connectivity index (χ4v) is 3.53. The molecule has 2 amide bonds. The van der Waals surface area contributed by atoms with Gasteiger partial charge in [-0.3, -0.25) is 9.59 Å². The maximum atomic E-state index is 12.1. The fourth-order valence-electron chi connectivity index (χ4n) is 2.05. The van der Waals surface area contributed by atoms with Crippen LogP contribution in [0.4, 0.5) is 0 Å². The second-order valence-electron chi connectivity index (χ2n) is 5.71. The Balaban J connectivity index is 2.08. The molecular weight excluding hydrogens is 270 g/mol. The van der Waals surface area contributed by atoms with E-state index in [9.17, 15) is 9.59 Å². The summed E-state index contributed by atoms with van der Waals surface area (Å²) < 4.78 is 1.73. The van der Waals surface area contributed by atoms with E-state index in [1.165, 1.54) is 5.01 Å². The van der Waals surface area contributed by atoms with E-state index in [-0.39, 0.29) is 0 Å². The average Bonchev–Trinajstić information content (AvgIpc) is 2.40. The molecule has 1 aromatic rings. The quantitative estimate of drug-likeness (QED) is 0.481. The Morgan fingerprint density at radius 1 is 1.05 bits per heavy atom. The van der Waals surface area contributed by atoms with Crippen molar-refractivity contribution >= 4 is 26.3 Å². The summed E-state index contributed by atoms with van der Waals surface area (Å²) in [7, 11) is -1.79. The molecule has 0 radical (unpaired) electrons. The number of piperazine rings is 1. The highest BCUT2D eigenvalue weighted by Gasteiger charge is 2.38. The maximum absolute atomic E-state index is 12.1. The van der Waals surface area contributed by atoms with Crippen molar-refractivity contribution in [2.75, 3.05) is 13.1 Å². The maximum Gasteiger partial charge on any atom is 0.331 e. The van der Waals surface area contributed by atoms with Crippen LogP contribution in [0.2, 0.25) is 19.6 Å². The number of carbonyl (C=O) groups excluding carboxylic acids is 2. The summed E-state index contributed by atoms with van der Waals surface area (Å²) in [5.41, 5.74) is 0.903. The highest BCUT2D eigenvalue weighted by Crippen LogP contribution is 2.15. The fraction of sp³-hybridized carbons (Fsp3) is 0.357. The van der Waals surface area contributed by atoms with E-state index in [1.807, 2.05) is 30.3 Å². The van der Waals surface area contributed by atoms with Crippen LogP contribution in [0.15, 0.2) is 35.4 Å². The lowest BCUT2D eigenvalue weighted by Crippen LogP contribution is -2.60. The lowest BCUT2D eigenvalue weighted by atomic mass is 10.2. The van der Waals surface area contributed by atoms with Crippen LogP contribution in [0.1, 0.15) is 5.56 Å². The number of carbonyl (C=O) groups is 2.